The molecule has 1 heterocycles. The maximum Gasteiger partial charge on any atom is 0.186 e. The van der Waals surface area contributed by atoms with Crippen LogP contribution in [0.4, 0.5) is 5.13 Å². The van der Waals surface area contributed by atoms with Crippen molar-refractivity contribution in [2.75, 3.05) is 25.1 Å². The van der Waals surface area contributed by atoms with Crippen molar-refractivity contribution in [3.63, 3.8) is 0 Å². The Bertz CT molecular complexity index is 440. The zero-order valence-corrected chi connectivity index (χ0v) is 13.3. The lowest BCUT2D eigenvalue weighted by Gasteiger charge is -2.21. The van der Waals surface area contributed by atoms with Crippen LogP contribution in [-0.4, -0.2) is 31.2 Å². The summed E-state index contributed by atoms with van der Waals surface area (Å²) in [6.07, 6.45) is 5.50. The van der Waals surface area contributed by atoms with E-state index >= 15 is 0 Å². The summed E-state index contributed by atoms with van der Waals surface area (Å²) in [7, 11) is 1.75. The lowest BCUT2D eigenvalue weighted by Crippen LogP contribution is -2.27. The molecule has 112 valence electrons. The van der Waals surface area contributed by atoms with E-state index in [-0.39, 0.29) is 0 Å². The van der Waals surface area contributed by atoms with E-state index in [0.717, 1.165) is 30.7 Å². The Labute approximate surface area is 125 Å². The fraction of sp³-hybridized carbons (Fsp3) is 0.800. The summed E-state index contributed by atoms with van der Waals surface area (Å²) in [6, 6.07) is 0.754. The molecule has 2 aliphatic rings. The summed E-state index contributed by atoms with van der Waals surface area (Å²) >= 11 is 1.86. The molecule has 0 atom stereocenters. The number of anilines is 1. The number of hydrogen-bond donors (Lipinski definition) is 1. The maximum atomic E-state index is 5.31. The van der Waals surface area contributed by atoms with Crippen LogP contribution in [0, 0.1) is 5.92 Å². The molecule has 3 rings (SSSR count). The highest BCUT2D eigenvalue weighted by Crippen LogP contribution is 2.39. The van der Waals surface area contributed by atoms with Crippen LogP contribution >= 0.6 is 11.3 Å². The molecule has 1 aromatic rings. The van der Waals surface area contributed by atoms with Gasteiger partial charge >= 0.3 is 0 Å². The van der Waals surface area contributed by atoms with Gasteiger partial charge in [-0.3, -0.25) is 0 Å². The van der Waals surface area contributed by atoms with Crippen LogP contribution in [0.3, 0.4) is 0 Å². The van der Waals surface area contributed by atoms with Gasteiger partial charge in [-0.25, -0.2) is 4.98 Å². The largest absolute Gasteiger partial charge is 0.378 e. The number of methoxy groups -OCH3 is 1. The summed E-state index contributed by atoms with van der Waals surface area (Å²) in [4.78, 5) is 8.78. The number of ether oxygens (including phenoxy) is 1. The lowest BCUT2D eigenvalue weighted by molar-refractivity contribution is 0.181. The van der Waals surface area contributed by atoms with Crippen molar-refractivity contribution in [2.24, 2.45) is 5.92 Å². The molecule has 0 amide bonds. The number of nitrogens with one attached hydrogen (secondary N) is 1. The van der Waals surface area contributed by atoms with E-state index < -0.39 is 0 Å². The Morgan fingerprint density at radius 3 is 2.75 bits per heavy atom. The van der Waals surface area contributed by atoms with Gasteiger partial charge < -0.3 is 15.0 Å². The van der Waals surface area contributed by atoms with Gasteiger partial charge in [0, 0.05) is 31.1 Å². The molecular formula is C15H25N3OS. The Morgan fingerprint density at radius 1 is 1.35 bits per heavy atom. The van der Waals surface area contributed by atoms with Crippen molar-refractivity contribution >= 4 is 16.5 Å². The van der Waals surface area contributed by atoms with Gasteiger partial charge in [0.05, 0.1) is 12.3 Å². The van der Waals surface area contributed by atoms with Gasteiger partial charge in [0.15, 0.2) is 5.13 Å². The SMILES string of the molecule is CCNCc1sc(N(CC2CC2)C2CC2)nc1COC. The van der Waals surface area contributed by atoms with Gasteiger partial charge in [-0.05, 0) is 38.1 Å². The molecule has 0 spiro atoms. The molecule has 0 bridgehead atoms. The van der Waals surface area contributed by atoms with E-state index in [9.17, 15) is 0 Å². The molecule has 0 aliphatic heterocycles. The molecule has 4 nitrogen and oxygen atoms in total. The quantitative estimate of drug-likeness (QED) is 0.760. The summed E-state index contributed by atoms with van der Waals surface area (Å²) in [5.41, 5.74) is 1.12. The fourth-order valence-corrected chi connectivity index (χ4v) is 3.58. The first kappa shape index (κ1) is 14.3. The van der Waals surface area contributed by atoms with Gasteiger partial charge in [0.1, 0.15) is 0 Å². The summed E-state index contributed by atoms with van der Waals surface area (Å²) in [5, 5.41) is 4.63. The van der Waals surface area contributed by atoms with Crippen LogP contribution in [-0.2, 0) is 17.9 Å². The van der Waals surface area contributed by atoms with Crippen molar-refractivity contribution < 1.29 is 4.74 Å². The predicted molar refractivity (Wildman–Crippen MR) is 83.3 cm³/mol. The van der Waals surface area contributed by atoms with Gasteiger partial charge in [0.2, 0.25) is 0 Å². The zero-order valence-electron chi connectivity index (χ0n) is 12.5. The number of rotatable bonds is 9. The van der Waals surface area contributed by atoms with Crippen LogP contribution < -0.4 is 10.2 Å². The molecular weight excluding hydrogens is 270 g/mol. The first-order chi connectivity index (χ1) is 9.81. The third kappa shape index (κ3) is 3.51. The Kier molecular flexibility index (Phi) is 4.58. The summed E-state index contributed by atoms with van der Waals surface area (Å²) < 4.78 is 5.31. The third-order valence-electron chi connectivity index (χ3n) is 3.97. The molecule has 5 heteroatoms. The lowest BCUT2D eigenvalue weighted by atomic mass is 10.3. The molecule has 0 radical (unpaired) electrons. The topological polar surface area (TPSA) is 37.4 Å². The van der Waals surface area contributed by atoms with Crippen LogP contribution in [0.1, 0.15) is 43.2 Å². The maximum absolute atomic E-state index is 5.31. The van der Waals surface area contributed by atoms with E-state index in [0.29, 0.717) is 6.61 Å². The highest BCUT2D eigenvalue weighted by molar-refractivity contribution is 7.15. The van der Waals surface area contributed by atoms with Crippen LogP contribution in [0.2, 0.25) is 0 Å². The minimum absolute atomic E-state index is 0.624. The van der Waals surface area contributed by atoms with E-state index in [1.807, 2.05) is 11.3 Å². The van der Waals surface area contributed by atoms with Crippen LogP contribution in [0.5, 0.6) is 0 Å². The molecule has 0 saturated heterocycles. The van der Waals surface area contributed by atoms with Crippen LogP contribution in [0.25, 0.3) is 0 Å². The van der Waals surface area contributed by atoms with E-state index in [2.05, 4.69) is 17.1 Å². The number of hydrogen-bond acceptors (Lipinski definition) is 5. The second-order valence-corrected chi connectivity index (χ2v) is 6.97. The average Bonchev–Trinajstić information content (AvgIpc) is 3.33. The number of aromatic nitrogens is 1. The third-order valence-corrected chi connectivity index (χ3v) is 5.10. The normalized spacial score (nSPS) is 18.5. The standard InChI is InChI=1S/C15H25N3OS/c1-3-16-8-14-13(10-19-2)17-15(20-14)18(12-6-7-12)9-11-4-5-11/h11-12,16H,3-10H2,1-2H3. The average molecular weight is 295 g/mol. The van der Waals surface area contributed by atoms with Crippen molar-refractivity contribution in [1.29, 1.82) is 0 Å². The Morgan fingerprint density at radius 2 is 2.15 bits per heavy atom. The molecule has 1 aromatic heterocycles. The molecule has 1 N–H and O–H groups in total. The smallest absolute Gasteiger partial charge is 0.186 e. The number of nitrogens with zero attached hydrogens (tertiary/aromatic N) is 2. The Balaban J connectivity index is 1.75. The molecule has 2 aliphatic carbocycles. The molecule has 2 fully saturated rings. The Hall–Kier alpha value is -0.650. The second-order valence-electron chi connectivity index (χ2n) is 5.91. The van der Waals surface area contributed by atoms with Gasteiger partial charge in [-0.2, -0.15) is 0 Å². The fourth-order valence-electron chi connectivity index (χ4n) is 2.47. The van der Waals surface area contributed by atoms with Gasteiger partial charge in [0.25, 0.3) is 0 Å². The molecule has 0 aromatic carbocycles. The number of thiazole rings is 1. The minimum atomic E-state index is 0.624. The molecule has 2 saturated carbocycles. The van der Waals surface area contributed by atoms with Crippen molar-refractivity contribution in [2.45, 2.75) is 51.8 Å². The van der Waals surface area contributed by atoms with Crippen molar-refractivity contribution in [3.8, 4) is 0 Å². The van der Waals surface area contributed by atoms with E-state index in [1.165, 1.54) is 42.2 Å². The first-order valence-electron chi connectivity index (χ1n) is 7.76. The highest BCUT2D eigenvalue weighted by Gasteiger charge is 2.35. The molecule has 20 heavy (non-hydrogen) atoms. The zero-order chi connectivity index (χ0) is 13.9. The van der Waals surface area contributed by atoms with Crippen molar-refractivity contribution in [3.05, 3.63) is 10.6 Å². The predicted octanol–water partition coefficient (Wildman–Crippen LogP) is 2.78. The van der Waals surface area contributed by atoms with Gasteiger partial charge in [-0.15, -0.1) is 11.3 Å². The van der Waals surface area contributed by atoms with Gasteiger partial charge in [-0.1, -0.05) is 6.92 Å². The van der Waals surface area contributed by atoms with Crippen molar-refractivity contribution in [1.82, 2.24) is 10.3 Å². The minimum Gasteiger partial charge on any atom is -0.378 e. The first-order valence-corrected chi connectivity index (χ1v) is 8.58. The monoisotopic (exact) mass is 295 g/mol. The highest BCUT2D eigenvalue weighted by atomic mass is 32.1. The van der Waals surface area contributed by atoms with E-state index in [4.69, 9.17) is 9.72 Å². The second kappa shape index (κ2) is 6.41. The summed E-state index contributed by atoms with van der Waals surface area (Å²) in [5.74, 6) is 0.919. The van der Waals surface area contributed by atoms with E-state index in [1.54, 1.807) is 7.11 Å². The summed E-state index contributed by atoms with van der Waals surface area (Å²) in [6.45, 7) is 5.88. The van der Waals surface area contributed by atoms with Crippen LogP contribution in [0.15, 0.2) is 0 Å². The molecule has 0 unspecified atom stereocenters.